The summed E-state index contributed by atoms with van der Waals surface area (Å²) in [7, 11) is 0. The van der Waals surface area contributed by atoms with Gasteiger partial charge < -0.3 is 10.2 Å². The summed E-state index contributed by atoms with van der Waals surface area (Å²) >= 11 is 1.69. The molecule has 0 aliphatic carbocycles. The molecular weight excluding hydrogens is 358 g/mol. The Hall–Kier alpha value is -2.12. The van der Waals surface area contributed by atoms with Gasteiger partial charge >= 0.3 is 0 Å². The maximum absolute atomic E-state index is 12.4. The van der Waals surface area contributed by atoms with Crippen LogP contribution in [0, 0.1) is 0 Å². The smallest absolute Gasteiger partial charge is 0.233 e. The Morgan fingerprint density at radius 2 is 1.89 bits per heavy atom. The lowest BCUT2D eigenvalue weighted by Gasteiger charge is -2.34. The zero-order chi connectivity index (χ0) is 18.5. The summed E-state index contributed by atoms with van der Waals surface area (Å²) < 4.78 is 0. The first-order chi connectivity index (χ1) is 13.3. The highest BCUT2D eigenvalue weighted by molar-refractivity contribution is 8.01. The Bertz CT molecular complexity index is 739. The molecule has 7 heteroatoms. The standard InChI is InChI=1S/C20H25N5OS/c26-19(18-15-16-5-1-2-6-17(16)27-18)21-9-4-10-24-11-13-25(14-12-24)20-22-7-3-8-23-20/h1-3,5-8,18H,4,9-15H2,(H,21,26). The molecule has 6 nitrogen and oxygen atoms in total. The van der Waals surface area contributed by atoms with Gasteiger partial charge in [0.2, 0.25) is 11.9 Å². The molecule has 1 saturated heterocycles. The van der Waals surface area contributed by atoms with Gasteiger partial charge in [-0.15, -0.1) is 11.8 Å². The van der Waals surface area contributed by atoms with Crippen molar-refractivity contribution in [3.63, 3.8) is 0 Å². The molecule has 0 bridgehead atoms. The van der Waals surface area contributed by atoms with Crippen LogP contribution in [-0.4, -0.2) is 65.3 Å². The van der Waals surface area contributed by atoms with Gasteiger partial charge in [0.1, 0.15) is 0 Å². The summed E-state index contributed by atoms with van der Waals surface area (Å²) in [4.78, 5) is 27.0. The zero-order valence-electron chi connectivity index (χ0n) is 15.4. The van der Waals surface area contributed by atoms with E-state index in [1.807, 2.05) is 18.2 Å². The fourth-order valence-corrected chi connectivity index (χ4v) is 4.80. The van der Waals surface area contributed by atoms with E-state index in [2.05, 4.69) is 37.2 Å². The van der Waals surface area contributed by atoms with Gasteiger partial charge in [0.25, 0.3) is 0 Å². The van der Waals surface area contributed by atoms with Crippen molar-refractivity contribution in [3.8, 4) is 0 Å². The van der Waals surface area contributed by atoms with Crippen LogP contribution in [0.25, 0.3) is 0 Å². The van der Waals surface area contributed by atoms with Gasteiger partial charge in [0.15, 0.2) is 0 Å². The highest BCUT2D eigenvalue weighted by Gasteiger charge is 2.27. The number of hydrogen-bond acceptors (Lipinski definition) is 6. The Kier molecular flexibility index (Phi) is 5.89. The normalized spacial score (nSPS) is 19.7. The number of hydrogen-bond donors (Lipinski definition) is 1. The van der Waals surface area contributed by atoms with E-state index in [0.29, 0.717) is 0 Å². The number of anilines is 1. The van der Waals surface area contributed by atoms with Gasteiger partial charge in [-0.2, -0.15) is 0 Å². The first kappa shape index (κ1) is 18.3. The second kappa shape index (κ2) is 8.71. The summed E-state index contributed by atoms with van der Waals surface area (Å²) in [5.41, 5.74) is 1.29. The highest BCUT2D eigenvalue weighted by atomic mass is 32.2. The van der Waals surface area contributed by atoms with Crippen LogP contribution in [-0.2, 0) is 11.2 Å². The van der Waals surface area contributed by atoms with Gasteiger partial charge in [0, 0.05) is 50.0 Å². The molecule has 1 amide bonds. The van der Waals surface area contributed by atoms with E-state index >= 15 is 0 Å². The number of carbonyl (C=O) groups excluding carboxylic acids is 1. The van der Waals surface area contributed by atoms with Crippen molar-refractivity contribution >= 4 is 23.6 Å². The van der Waals surface area contributed by atoms with Gasteiger partial charge in [-0.25, -0.2) is 9.97 Å². The molecule has 1 N–H and O–H groups in total. The van der Waals surface area contributed by atoms with E-state index in [1.54, 1.807) is 24.2 Å². The molecule has 4 rings (SSSR count). The van der Waals surface area contributed by atoms with Crippen LogP contribution >= 0.6 is 11.8 Å². The minimum absolute atomic E-state index is 0.0248. The monoisotopic (exact) mass is 383 g/mol. The lowest BCUT2D eigenvalue weighted by atomic mass is 10.1. The van der Waals surface area contributed by atoms with E-state index < -0.39 is 0 Å². The van der Waals surface area contributed by atoms with E-state index in [4.69, 9.17) is 0 Å². The summed E-state index contributed by atoms with van der Waals surface area (Å²) in [6.45, 7) is 5.69. The van der Waals surface area contributed by atoms with Crippen LogP contribution < -0.4 is 10.2 Å². The molecule has 2 aliphatic heterocycles. The SMILES string of the molecule is O=C(NCCCN1CCN(c2ncccn2)CC1)C1Cc2ccccc2S1. The summed E-state index contributed by atoms with van der Waals surface area (Å²) in [5, 5.41) is 3.14. The molecule has 27 heavy (non-hydrogen) atoms. The second-order valence-electron chi connectivity index (χ2n) is 6.94. The molecule has 1 aromatic heterocycles. The molecule has 0 spiro atoms. The Labute approximate surface area is 164 Å². The third-order valence-electron chi connectivity index (χ3n) is 5.10. The summed E-state index contributed by atoms with van der Waals surface area (Å²) in [6.07, 6.45) is 5.41. The van der Waals surface area contributed by atoms with Crippen LogP contribution in [0.4, 0.5) is 5.95 Å². The number of thioether (sulfide) groups is 1. The molecule has 0 saturated carbocycles. The highest BCUT2D eigenvalue weighted by Crippen LogP contribution is 2.36. The average Bonchev–Trinajstić information content (AvgIpc) is 3.17. The molecule has 142 valence electrons. The van der Waals surface area contributed by atoms with Gasteiger partial charge in [-0.1, -0.05) is 18.2 Å². The van der Waals surface area contributed by atoms with Gasteiger partial charge in [-0.3, -0.25) is 9.69 Å². The molecule has 1 aromatic carbocycles. The molecule has 2 aliphatic rings. The van der Waals surface area contributed by atoms with Crippen molar-refractivity contribution in [2.45, 2.75) is 23.0 Å². The molecule has 2 aromatic rings. The number of nitrogens with one attached hydrogen (secondary N) is 1. The lowest BCUT2D eigenvalue weighted by Crippen LogP contribution is -2.47. The third kappa shape index (κ3) is 4.59. The van der Waals surface area contributed by atoms with Crippen LogP contribution in [0.2, 0.25) is 0 Å². The van der Waals surface area contributed by atoms with E-state index in [9.17, 15) is 4.79 Å². The number of amides is 1. The fraction of sp³-hybridized carbons (Fsp3) is 0.450. The molecule has 1 unspecified atom stereocenters. The topological polar surface area (TPSA) is 61.4 Å². The second-order valence-corrected chi connectivity index (χ2v) is 8.18. The maximum Gasteiger partial charge on any atom is 0.233 e. The predicted octanol–water partition coefficient (Wildman–Crippen LogP) is 1.82. The molecule has 1 atom stereocenters. The van der Waals surface area contributed by atoms with E-state index in [1.165, 1.54) is 10.5 Å². The maximum atomic E-state index is 12.4. The van der Waals surface area contributed by atoms with Crippen molar-refractivity contribution in [1.82, 2.24) is 20.2 Å². The van der Waals surface area contributed by atoms with E-state index in [0.717, 1.165) is 58.1 Å². The largest absolute Gasteiger partial charge is 0.355 e. The zero-order valence-corrected chi connectivity index (χ0v) is 16.2. The summed E-state index contributed by atoms with van der Waals surface area (Å²) in [5.74, 6) is 0.988. The predicted molar refractivity (Wildman–Crippen MR) is 108 cm³/mol. The van der Waals surface area contributed by atoms with Gasteiger partial charge in [-0.05, 0) is 37.1 Å². The molecular formula is C20H25N5OS. The number of piperazine rings is 1. The number of carbonyl (C=O) groups is 1. The van der Waals surface area contributed by atoms with Crippen LogP contribution in [0.1, 0.15) is 12.0 Å². The van der Waals surface area contributed by atoms with Crippen molar-refractivity contribution in [3.05, 3.63) is 48.3 Å². The van der Waals surface area contributed by atoms with Crippen molar-refractivity contribution < 1.29 is 4.79 Å². The number of aromatic nitrogens is 2. The summed E-state index contributed by atoms with van der Waals surface area (Å²) in [6, 6.07) is 10.2. The van der Waals surface area contributed by atoms with Crippen LogP contribution in [0.3, 0.4) is 0 Å². The fourth-order valence-electron chi connectivity index (χ4n) is 3.58. The molecule has 3 heterocycles. The Balaban J connectivity index is 1.13. The lowest BCUT2D eigenvalue weighted by molar-refractivity contribution is -0.120. The Morgan fingerprint density at radius 1 is 1.11 bits per heavy atom. The minimum atomic E-state index is 0.0248. The van der Waals surface area contributed by atoms with Crippen molar-refractivity contribution in [2.24, 2.45) is 0 Å². The van der Waals surface area contributed by atoms with Crippen LogP contribution in [0.15, 0.2) is 47.6 Å². The molecule has 0 radical (unpaired) electrons. The first-order valence-electron chi connectivity index (χ1n) is 9.56. The van der Waals surface area contributed by atoms with Crippen molar-refractivity contribution in [1.29, 1.82) is 0 Å². The molecule has 1 fully saturated rings. The third-order valence-corrected chi connectivity index (χ3v) is 6.41. The number of fused-ring (bicyclic) bond motifs is 1. The number of rotatable bonds is 6. The number of nitrogens with zero attached hydrogens (tertiary/aromatic N) is 4. The quantitative estimate of drug-likeness (QED) is 0.768. The average molecular weight is 384 g/mol. The Morgan fingerprint density at radius 3 is 2.67 bits per heavy atom. The van der Waals surface area contributed by atoms with Crippen LogP contribution in [0.5, 0.6) is 0 Å². The number of benzene rings is 1. The minimum Gasteiger partial charge on any atom is -0.355 e. The van der Waals surface area contributed by atoms with E-state index in [-0.39, 0.29) is 11.2 Å². The van der Waals surface area contributed by atoms with Crippen molar-refractivity contribution in [2.75, 3.05) is 44.2 Å². The van der Waals surface area contributed by atoms with Gasteiger partial charge in [0.05, 0.1) is 5.25 Å². The first-order valence-corrected chi connectivity index (χ1v) is 10.4.